The summed E-state index contributed by atoms with van der Waals surface area (Å²) in [6.07, 6.45) is -0.600. The van der Waals surface area contributed by atoms with E-state index >= 15 is 0 Å². The van der Waals surface area contributed by atoms with Crippen molar-refractivity contribution in [2.45, 2.75) is 24.4 Å². The van der Waals surface area contributed by atoms with Gasteiger partial charge in [0.15, 0.2) is 0 Å². The zero-order valence-corrected chi connectivity index (χ0v) is 6.77. The van der Waals surface area contributed by atoms with Crippen molar-refractivity contribution in [1.82, 2.24) is 5.32 Å². The third kappa shape index (κ3) is 1.85. The molecule has 60 valence electrons. The van der Waals surface area contributed by atoms with E-state index in [0.717, 1.165) is 5.75 Å². The van der Waals surface area contributed by atoms with E-state index in [-0.39, 0.29) is 12.6 Å². The predicted octanol–water partition coefficient (Wildman–Crippen LogP) is -0.609. The summed E-state index contributed by atoms with van der Waals surface area (Å²) < 4.78 is 0. The molecule has 1 heterocycles. The predicted molar refractivity (Wildman–Crippen MR) is 41.9 cm³/mol. The van der Waals surface area contributed by atoms with Crippen molar-refractivity contribution in [3.05, 3.63) is 0 Å². The molecule has 1 fully saturated rings. The molecule has 3 nitrogen and oxygen atoms in total. The van der Waals surface area contributed by atoms with Crippen molar-refractivity contribution >= 4 is 11.8 Å². The van der Waals surface area contributed by atoms with Gasteiger partial charge in [0.2, 0.25) is 0 Å². The van der Waals surface area contributed by atoms with Crippen LogP contribution in [0.1, 0.15) is 6.92 Å². The molecule has 1 aliphatic rings. The molecule has 0 aromatic rings. The maximum atomic E-state index is 9.15. The summed E-state index contributed by atoms with van der Waals surface area (Å²) in [7, 11) is 0. The van der Waals surface area contributed by atoms with Crippen LogP contribution in [-0.2, 0) is 0 Å². The summed E-state index contributed by atoms with van der Waals surface area (Å²) in [5.74, 6) is 0.892. The third-order valence-corrected chi connectivity index (χ3v) is 2.81. The Kier molecular flexibility index (Phi) is 2.97. The molecule has 3 N–H and O–H groups in total. The van der Waals surface area contributed by atoms with Gasteiger partial charge in [-0.3, -0.25) is 5.32 Å². The Bertz CT molecular complexity index is 112. The molecule has 4 heteroatoms. The average molecular weight is 163 g/mol. The summed E-state index contributed by atoms with van der Waals surface area (Å²) in [6, 6.07) is 0.0741. The van der Waals surface area contributed by atoms with Gasteiger partial charge in [-0.05, 0) is 6.92 Å². The summed E-state index contributed by atoms with van der Waals surface area (Å²) >= 11 is 1.77. The average Bonchev–Trinajstić information content (AvgIpc) is 2.34. The van der Waals surface area contributed by atoms with Crippen LogP contribution in [0.15, 0.2) is 0 Å². The fraction of sp³-hybridized carbons (Fsp3) is 1.00. The van der Waals surface area contributed by atoms with Crippen molar-refractivity contribution in [1.29, 1.82) is 0 Å². The fourth-order valence-electron chi connectivity index (χ4n) is 0.995. The van der Waals surface area contributed by atoms with Crippen molar-refractivity contribution < 1.29 is 10.2 Å². The first-order valence-corrected chi connectivity index (χ1v) is 4.45. The van der Waals surface area contributed by atoms with Crippen LogP contribution < -0.4 is 5.32 Å². The van der Waals surface area contributed by atoms with Gasteiger partial charge >= 0.3 is 0 Å². The molecule has 1 rings (SSSR count). The summed E-state index contributed by atoms with van der Waals surface area (Å²) in [6.45, 7) is 1.90. The van der Waals surface area contributed by atoms with Crippen LogP contribution in [0.5, 0.6) is 0 Å². The van der Waals surface area contributed by atoms with Gasteiger partial charge in [-0.2, -0.15) is 0 Å². The highest BCUT2D eigenvalue weighted by atomic mass is 32.2. The minimum absolute atomic E-state index is 0.0741. The zero-order chi connectivity index (χ0) is 7.56. The van der Waals surface area contributed by atoms with Crippen molar-refractivity contribution in [2.24, 2.45) is 0 Å². The Hall–Kier alpha value is 0.230. The number of rotatable bonds is 2. The monoisotopic (exact) mass is 163 g/mol. The molecule has 0 bridgehead atoms. The highest BCUT2D eigenvalue weighted by molar-refractivity contribution is 8.00. The molecule has 10 heavy (non-hydrogen) atoms. The second-order valence-electron chi connectivity index (χ2n) is 2.50. The van der Waals surface area contributed by atoms with Crippen LogP contribution >= 0.6 is 11.8 Å². The van der Waals surface area contributed by atoms with E-state index in [9.17, 15) is 0 Å². The van der Waals surface area contributed by atoms with Gasteiger partial charge in [0, 0.05) is 11.8 Å². The van der Waals surface area contributed by atoms with Gasteiger partial charge in [-0.15, -0.1) is 11.8 Å². The molecule has 0 spiro atoms. The lowest BCUT2D eigenvalue weighted by Gasteiger charge is -2.15. The van der Waals surface area contributed by atoms with E-state index in [4.69, 9.17) is 10.2 Å². The normalized spacial score (nSPS) is 36.3. The molecule has 1 saturated heterocycles. The summed E-state index contributed by atoms with van der Waals surface area (Å²) in [5.41, 5.74) is 0. The topological polar surface area (TPSA) is 52.5 Å². The van der Waals surface area contributed by atoms with Crippen LogP contribution in [0.4, 0.5) is 0 Å². The maximum Gasteiger partial charge on any atom is 0.0931 e. The molecule has 1 aliphatic heterocycles. The lowest BCUT2D eigenvalue weighted by atomic mass is 10.2. The standard InChI is InChI=1S/C6H13NO2S/c1-4-7-5(3-10-4)6(9)2-8/h4-9H,2-3H2,1H3. The van der Waals surface area contributed by atoms with E-state index < -0.39 is 6.10 Å². The quantitative estimate of drug-likeness (QED) is 0.508. The highest BCUT2D eigenvalue weighted by Crippen LogP contribution is 2.19. The lowest BCUT2D eigenvalue weighted by molar-refractivity contribution is 0.0712. The van der Waals surface area contributed by atoms with Crippen LogP contribution in [0, 0.1) is 0 Å². The summed E-state index contributed by atoms with van der Waals surface area (Å²) in [4.78, 5) is 0. The Morgan fingerprint density at radius 2 is 2.50 bits per heavy atom. The molecular formula is C6H13NO2S. The minimum Gasteiger partial charge on any atom is -0.394 e. The van der Waals surface area contributed by atoms with Gasteiger partial charge in [0.05, 0.1) is 18.1 Å². The molecule has 0 aliphatic carbocycles. The molecule has 0 amide bonds. The van der Waals surface area contributed by atoms with Gasteiger partial charge in [-0.1, -0.05) is 0 Å². The number of nitrogens with one attached hydrogen (secondary N) is 1. The maximum absolute atomic E-state index is 9.15. The number of hydrogen-bond acceptors (Lipinski definition) is 4. The zero-order valence-electron chi connectivity index (χ0n) is 5.95. The van der Waals surface area contributed by atoms with E-state index in [1.165, 1.54) is 0 Å². The third-order valence-electron chi connectivity index (χ3n) is 1.63. The van der Waals surface area contributed by atoms with Crippen LogP contribution in [0.3, 0.4) is 0 Å². The van der Waals surface area contributed by atoms with Gasteiger partial charge in [0.1, 0.15) is 0 Å². The van der Waals surface area contributed by atoms with E-state index in [1.807, 2.05) is 0 Å². The van der Waals surface area contributed by atoms with Crippen LogP contribution in [0.25, 0.3) is 0 Å². The van der Waals surface area contributed by atoms with Crippen LogP contribution in [-0.4, -0.2) is 40.1 Å². The van der Waals surface area contributed by atoms with Gasteiger partial charge < -0.3 is 10.2 Å². The first kappa shape index (κ1) is 8.33. The molecule has 0 aromatic carbocycles. The fourth-order valence-corrected chi connectivity index (χ4v) is 2.08. The van der Waals surface area contributed by atoms with Crippen molar-refractivity contribution in [2.75, 3.05) is 12.4 Å². The van der Waals surface area contributed by atoms with E-state index in [0.29, 0.717) is 5.37 Å². The largest absolute Gasteiger partial charge is 0.394 e. The van der Waals surface area contributed by atoms with Gasteiger partial charge in [-0.25, -0.2) is 0 Å². The second-order valence-corrected chi connectivity index (χ2v) is 3.87. The van der Waals surface area contributed by atoms with Crippen LogP contribution in [0.2, 0.25) is 0 Å². The van der Waals surface area contributed by atoms with Crippen molar-refractivity contribution in [3.63, 3.8) is 0 Å². The SMILES string of the molecule is CC1NC(C(O)CO)CS1. The molecule has 3 atom stereocenters. The Morgan fingerprint density at radius 3 is 2.90 bits per heavy atom. The molecular weight excluding hydrogens is 150 g/mol. The van der Waals surface area contributed by atoms with Gasteiger partial charge in [0.25, 0.3) is 0 Å². The number of aliphatic hydroxyl groups excluding tert-OH is 2. The highest BCUT2D eigenvalue weighted by Gasteiger charge is 2.26. The molecule has 0 radical (unpaired) electrons. The Morgan fingerprint density at radius 1 is 1.80 bits per heavy atom. The van der Waals surface area contributed by atoms with E-state index in [2.05, 4.69) is 12.2 Å². The minimum atomic E-state index is -0.600. The first-order chi connectivity index (χ1) is 4.74. The number of aliphatic hydroxyl groups is 2. The first-order valence-electron chi connectivity index (χ1n) is 3.40. The molecule has 0 saturated carbocycles. The molecule has 0 aromatic heterocycles. The number of hydrogen-bond donors (Lipinski definition) is 3. The Balaban J connectivity index is 2.29. The smallest absolute Gasteiger partial charge is 0.0931 e. The van der Waals surface area contributed by atoms with E-state index in [1.54, 1.807) is 11.8 Å². The summed E-state index contributed by atoms with van der Waals surface area (Å²) in [5, 5.41) is 21.3. The molecule has 3 unspecified atom stereocenters. The number of thioether (sulfide) groups is 1. The Labute approximate surface area is 64.8 Å². The lowest BCUT2D eigenvalue weighted by Crippen LogP contribution is -2.40. The second kappa shape index (κ2) is 3.57. The van der Waals surface area contributed by atoms with Crippen molar-refractivity contribution in [3.8, 4) is 0 Å².